The van der Waals surface area contributed by atoms with Crippen molar-refractivity contribution in [3.63, 3.8) is 0 Å². The van der Waals surface area contributed by atoms with Crippen LogP contribution in [0.15, 0.2) is 28.1 Å². The minimum absolute atomic E-state index is 0. The number of hydrogen-bond acceptors (Lipinski definition) is 6. The lowest BCUT2D eigenvalue weighted by molar-refractivity contribution is 0.145. The van der Waals surface area contributed by atoms with Crippen molar-refractivity contribution >= 4 is 39.8 Å². The number of aliphatic imine (C=N–C) groups is 1. The minimum Gasteiger partial charge on any atom is -0.382 e. The van der Waals surface area contributed by atoms with Crippen LogP contribution in [0, 0.1) is 13.8 Å². The van der Waals surface area contributed by atoms with Crippen LogP contribution in [0.3, 0.4) is 0 Å². The summed E-state index contributed by atoms with van der Waals surface area (Å²) >= 11 is 0. The van der Waals surface area contributed by atoms with E-state index in [2.05, 4.69) is 25.8 Å². The third-order valence-electron chi connectivity index (χ3n) is 4.62. The summed E-state index contributed by atoms with van der Waals surface area (Å²) in [6.07, 6.45) is 2.08. The SMILES string of the molecule is CCOCCCNC(=NCc1ccc(S(C)(=O)=O)c(C)c1)NCc1nnc(C)n1C.I. The largest absolute Gasteiger partial charge is 0.382 e. The van der Waals surface area contributed by atoms with Crippen molar-refractivity contribution in [3.05, 3.63) is 41.0 Å². The highest BCUT2D eigenvalue weighted by atomic mass is 127. The molecule has 0 aliphatic carbocycles. The fraction of sp³-hybridized carbons (Fsp3) is 0.550. The molecule has 0 radical (unpaired) electrons. The number of ether oxygens (including phenoxy) is 1. The number of aromatic nitrogens is 3. The second kappa shape index (κ2) is 13.0. The van der Waals surface area contributed by atoms with E-state index < -0.39 is 9.84 Å². The molecule has 1 aromatic carbocycles. The Morgan fingerprint density at radius 2 is 1.97 bits per heavy atom. The smallest absolute Gasteiger partial charge is 0.191 e. The molecule has 0 aliphatic rings. The Kier molecular flexibility index (Phi) is 11.4. The molecule has 31 heavy (non-hydrogen) atoms. The second-order valence-corrected chi connectivity index (χ2v) is 9.07. The van der Waals surface area contributed by atoms with Crippen LogP contribution < -0.4 is 10.6 Å². The van der Waals surface area contributed by atoms with Gasteiger partial charge in [0.15, 0.2) is 21.6 Å². The third kappa shape index (κ3) is 8.73. The van der Waals surface area contributed by atoms with Gasteiger partial charge in [-0.15, -0.1) is 34.2 Å². The summed E-state index contributed by atoms with van der Waals surface area (Å²) in [5.41, 5.74) is 1.66. The van der Waals surface area contributed by atoms with Gasteiger partial charge in [-0.1, -0.05) is 12.1 Å². The third-order valence-corrected chi connectivity index (χ3v) is 5.87. The molecule has 0 unspecified atom stereocenters. The van der Waals surface area contributed by atoms with Crippen LogP contribution in [0.2, 0.25) is 0 Å². The van der Waals surface area contributed by atoms with Crippen LogP contribution >= 0.6 is 24.0 Å². The lowest BCUT2D eigenvalue weighted by Crippen LogP contribution is -2.38. The summed E-state index contributed by atoms with van der Waals surface area (Å²) in [7, 11) is -1.31. The topological polar surface area (TPSA) is 110 Å². The Balaban J connectivity index is 0.00000480. The van der Waals surface area contributed by atoms with Gasteiger partial charge >= 0.3 is 0 Å². The summed E-state index contributed by atoms with van der Waals surface area (Å²) in [6.45, 7) is 8.69. The fourth-order valence-corrected chi connectivity index (χ4v) is 3.82. The zero-order chi connectivity index (χ0) is 22.1. The molecule has 2 aromatic rings. The van der Waals surface area contributed by atoms with Gasteiger partial charge in [-0.3, -0.25) is 0 Å². The van der Waals surface area contributed by atoms with Crippen LogP contribution in [0.25, 0.3) is 0 Å². The maximum absolute atomic E-state index is 11.8. The van der Waals surface area contributed by atoms with E-state index in [0.717, 1.165) is 35.7 Å². The Hall–Kier alpha value is -1.73. The van der Waals surface area contributed by atoms with Crippen molar-refractivity contribution < 1.29 is 13.2 Å². The molecule has 0 aliphatic heterocycles. The molecule has 11 heteroatoms. The van der Waals surface area contributed by atoms with Crippen molar-refractivity contribution in [1.29, 1.82) is 0 Å². The predicted octanol–water partition coefficient (Wildman–Crippen LogP) is 2.12. The molecular weight excluding hydrogens is 531 g/mol. The van der Waals surface area contributed by atoms with Gasteiger partial charge in [-0.05, 0) is 44.4 Å². The highest BCUT2D eigenvalue weighted by molar-refractivity contribution is 14.0. The van der Waals surface area contributed by atoms with Crippen molar-refractivity contribution in [2.24, 2.45) is 12.0 Å². The first-order valence-electron chi connectivity index (χ1n) is 9.96. The number of hydrogen-bond donors (Lipinski definition) is 2. The van der Waals surface area contributed by atoms with E-state index >= 15 is 0 Å². The van der Waals surface area contributed by atoms with Gasteiger partial charge in [0.1, 0.15) is 5.82 Å². The Morgan fingerprint density at radius 3 is 2.55 bits per heavy atom. The first kappa shape index (κ1) is 27.3. The lowest BCUT2D eigenvalue weighted by Gasteiger charge is -2.13. The molecular formula is C20H33IN6O3S. The molecule has 0 fully saturated rings. The number of aryl methyl sites for hydroxylation is 2. The zero-order valence-corrected chi connectivity index (χ0v) is 22.0. The van der Waals surface area contributed by atoms with E-state index in [9.17, 15) is 8.42 Å². The molecule has 0 atom stereocenters. The molecule has 0 saturated carbocycles. The van der Waals surface area contributed by atoms with E-state index in [1.165, 1.54) is 6.26 Å². The molecule has 0 spiro atoms. The molecule has 174 valence electrons. The minimum atomic E-state index is -3.23. The number of guanidine groups is 1. The summed E-state index contributed by atoms with van der Waals surface area (Å²) < 4.78 is 30.9. The average molecular weight is 564 g/mol. The van der Waals surface area contributed by atoms with E-state index in [1.54, 1.807) is 19.1 Å². The number of nitrogens with zero attached hydrogens (tertiary/aromatic N) is 4. The molecule has 0 saturated heterocycles. The van der Waals surface area contributed by atoms with Gasteiger partial charge in [0.25, 0.3) is 0 Å². The van der Waals surface area contributed by atoms with Crippen LogP contribution in [-0.2, 0) is 34.7 Å². The zero-order valence-electron chi connectivity index (χ0n) is 18.8. The summed E-state index contributed by atoms with van der Waals surface area (Å²) in [4.78, 5) is 4.99. The number of sulfone groups is 1. The number of benzene rings is 1. The Bertz CT molecular complexity index is 975. The highest BCUT2D eigenvalue weighted by Crippen LogP contribution is 2.17. The van der Waals surface area contributed by atoms with Crippen LogP contribution in [0.5, 0.6) is 0 Å². The van der Waals surface area contributed by atoms with Crippen LogP contribution in [0.1, 0.15) is 36.1 Å². The van der Waals surface area contributed by atoms with Crippen molar-refractivity contribution in [2.45, 2.75) is 45.2 Å². The molecule has 1 heterocycles. The van der Waals surface area contributed by atoms with E-state index in [0.29, 0.717) is 37.2 Å². The lowest BCUT2D eigenvalue weighted by atomic mass is 10.1. The first-order valence-corrected chi connectivity index (χ1v) is 11.9. The van der Waals surface area contributed by atoms with Crippen molar-refractivity contribution in [3.8, 4) is 0 Å². The van der Waals surface area contributed by atoms with Crippen LogP contribution in [-0.4, -0.2) is 55.2 Å². The fourth-order valence-electron chi connectivity index (χ4n) is 2.86. The van der Waals surface area contributed by atoms with Crippen LogP contribution in [0.4, 0.5) is 0 Å². The standard InChI is InChI=1S/C20H32N6O3S.HI/c1-6-29-11-7-10-21-20(23-14-19-25-24-16(3)26(19)4)22-13-17-8-9-18(15(2)12-17)30(5,27)28;/h8-9,12H,6-7,10-11,13-14H2,1-5H3,(H2,21,22,23);1H. The average Bonchev–Trinajstić information content (AvgIpc) is 3.00. The van der Waals surface area contributed by atoms with E-state index in [1.807, 2.05) is 31.5 Å². The van der Waals surface area contributed by atoms with Gasteiger partial charge < -0.3 is 19.9 Å². The van der Waals surface area contributed by atoms with Gasteiger partial charge in [0.05, 0.1) is 18.0 Å². The summed E-state index contributed by atoms with van der Waals surface area (Å²) in [5, 5.41) is 14.8. The Morgan fingerprint density at radius 1 is 1.23 bits per heavy atom. The van der Waals surface area contributed by atoms with E-state index in [-0.39, 0.29) is 24.0 Å². The molecule has 0 amide bonds. The maximum atomic E-state index is 11.8. The van der Waals surface area contributed by atoms with Gasteiger partial charge in [0, 0.05) is 33.1 Å². The summed E-state index contributed by atoms with van der Waals surface area (Å²) in [5.74, 6) is 2.30. The molecule has 2 rings (SSSR count). The first-order chi connectivity index (χ1) is 14.2. The molecule has 9 nitrogen and oxygen atoms in total. The second-order valence-electron chi connectivity index (χ2n) is 7.09. The molecule has 0 bridgehead atoms. The summed E-state index contributed by atoms with van der Waals surface area (Å²) in [6, 6.07) is 5.30. The number of nitrogens with one attached hydrogen (secondary N) is 2. The number of halogens is 1. The normalized spacial score (nSPS) is 11.8. The highest BCUT2D eigenvalue weighted by Gasteiger charge is 2.11. The van der Waals surface area contributed by atoms with Crippen molar-refractivity contribution in [2.75, 3.05) is 26.0 Å². The molecule has 2 N–H and O–H groups in total. The van der Waals surface area contributed by atoms with E-state index in [4.69, 9.17) is 4.74 Å². The quantitative estimate of drug-likeness (QED) is 0.197. The monoisotopic (exact) mass is 564 g/mol. The van der Waals surface area contributed by atoms with Gasteiger partial charge in [0.2, 0.25) is 0 Å². The maximum Gasteiger partial charge on any atom is 0.191 e. The van der Waals surface area contributed by atoms with Crippen molar-refractivity contribution in [1.82, 2.24) is 25.4 Å². The molecule has 1 aromatic heterocycles. The van der Waals surface area contributed by atoms with Gasteiger partial charge in [-0.25, -0.2) is 13.4 Å². The number of rotatable bonds is 10. The van der Waals surface area contributed by atoms with Gasteiger partial charge in [-0.2, -0.15) is 0 Å². The Labute approximate surface area is 202 Å². The predicted molar refractivity (Wildman–Crippen MR) is 133 cm³/mol.